The van der Waals surface area contributed by atoms with E-state index in [1.807, 2.05) is 42.7 Å². The molecule has 2 atom stereocenters. The molecule has 0 bridgehead atoms. The van der Waals surface area contributed by atoms with Crippen LogP contribution in [0.25, 0.3) is 39.0 Å². The molecule has 0 saturated carbocycles. The maximum atomic E-state index is 14.4. The second-order valence-electron chi connectivity index (χ2n) is 10.9. The molecule has 0 saturated heterocycles. The van der Waals surface area contributed by atoms with Gasteiger partial charge in [-0.1, -0.05) is 48.5 Å². The molecule has 0 aliphatic rings. The highest BCUT2D eigenvalue weighted by atomic mass is 19.1. The number of carbonyl (C=O) groups is 1. The maximum absolute atomic E-state index is 14.4. The van der Waals surface area contributed by atoms with Crippen LogP contribution < -0.4 is 5.56 Å². The minimum atomic E-state index is -1.24. The summed E-state index contributed by atoms with van der Waals surface area (Å²) in [6.07, 6.45) is 0.0228. The number of benzene rings is 3. The summed E-state index contributed by atoms with van der Waals surface area (Å²) in [5, 5.41) is 31.1. The molecule has 0 fully saturated rings. The number of aliphatic carboxylic acids is 1. The van der Waals surface area contributed by atoms with E-state index in [2.05, 4.69) is 0 Å². The predicted molar refractivity (Wildman–Crippen MR) is 163 cm³/mol. The number of nitrogens with zero attached hydrogens (tertiary/aromatic N) is 2. The Morgan fingerprint density at radius 1 is 0.930 bits per heavy atom. The third kappa shape index (κ3) is 6.14. The summed E-state index contributed by atoms with van der Waals surface area (Å²) in [4.78, 5) is 25.4. The molecule has 0 spiro atoms. The fourth-order valence-corrected chi connectivity index (χ4v) is 5.62. The van der Waals surface area contributed by atoms with Gasteiger partial charge in [0.15, 0.2) is 0 Å². The number of carboxylic acid groups (broad SMARTS) is 1. The lowest BCUT2D eigenvalue weighted by molar-refractivity contribution is -0.139. The molecule has 222 valence electrons. The molecule has 5 rings (SSSR count). The zero-order valence-electron chi connectivity index (χ0n) is 23.7. The number of pyridine rings is 1. The minimum absolute atomic E-state index is 0.190. The van der Waals surface area contributed by atoms with Crippen LogP contribution in [0.4, 0.5) is 8.78 Å². The number of rotatable bonds is 10. The zero-order chi connectivity index (χ0) is 30.8. The molecule has 3 N–H and O–H groups in total. The number of carboxylic acids is 1. The quantitative estimate of drug-likeness (QED) is 0.183. The van der Waals surface area contributed by atoms with Crippen LogP contribution in [0, 0.1) is 11.6 Å². The molecule has 7 nitrogen and oxygen atoms in total. The Morgan fingerprint density at radius 3 is 2.19 bits per heavy atom. The van der Waals surface area contributed by atoms with E-state index in [-0.39, 0.29) is 30.4 Å². The van der Waals surface area contributed by atoms with Crippen LogP contribution >= 0.6 is 0 Å². The SMILES string of the molecule is CC(C)n1c(C=CC(O)CC(O)CC(=O)O)c(-c2ccc(F)cc2)c2c3ccccc3n(Cc3ccc(F)cc3)c(=O)c21. The summed E-state index contributed by atoms with van der Waals surface area (Å²) in [5.41, 5.74) is 3.47. The normalized spacial score (nSPS) is 13.4. The first kappa shape index (κ1) is 29.9. The highest BCUT2D eigenvalue weighted by Gasteiger charge is 2.25. The molecule has 0 radical (unpaired) electrons. The van der Waals surface area contributed by atoms with Gasteiger partial charge in [0.2, 0.25) is 0 Å². The van der Waals surface area contributed by atoms with Crippen molar-refractivity contribution in [2.45, 2.75) is 51.5 Å². The van der Waals surface area contributed by atoms with Gasteiger partial charge >= 0.3 is 5.97 Å². The standard InChI is InChI=1S/C34H32F2N2O5/c1-20(2)38-29(16-15-25(39)17-26(40)18-30(41)42)31(22-9-13-24(36)14-10-22)32-27-5-3-4-6-28(27)37(34(43)33(32)38)19-21-7-11-23(35)12-8-21/h3-16,20,25-26,39-40H,17-19H2,1-2H3,(H,41,42). The van der Waals surface area contributed by atoms with Crippen molar-refractivity contribution in [2.24, 2.45) is 0 Å². The Morgan fingerprint density at radius 2 is 1.56 bits per heavy atom. The number of fused-ring (bicyclic) bond motifs is 3. The molecule has 0 aliphatic heterocycles. The largest absolute Gasteiger partial charge is 0.481 e. The van der Waals surface area contributed by atoms with Gasteiger partial charge in [0.05, 0.1) is 30.7 Å². The first-order valence-corrected chi connectivity index (χ1v) is 14.0. The summed E-state index contributed by atoms with van der Waals surface area (Å²) in [5.74, 6) is -1.96. The Balaban J connectivity index is 1.81. The maximum Gasteiger partial charge on any atom is 0.305 e. The summed E-state index contributed by atoms with van der Waals surface area (Å²) in [6.45, 7) is 4.06. The van der Waals surface area contributed by atoms with Crippen LogP contribution in [0.5, 0.6) is 0 Å². The Kier molecular flexibility index (Phi) is 8.57. The average molecular weight is 587 g/mol. The van der Waals surface area contributed by atoms with Gasteiger partial charge < -0.3 is 24.5 Å². The predicted octanol–water partition coefficient (Wildman–Crippen LogP) is 6.13. The number of aliphatic hydroxyl groups excluding tert-OH is 2. The van der Waals surface area contributed by atoms with E-state index in [0.717, 1.165) is 10.9 Å². The zero-order valence-corrected chi connectivity index (χ0v) is 23.7. The number of aromatic nitrogens is 2. The Hall–Kier alpha value is -4.60. The van der Waals surface area contributed by atoms with Gasteiger partial charge in [-0.05, 0) is 61.4 Å². The van der Waals surface area contributed by atoms with Gasteiger partial charge in [0, 0.05) is 34.5 Å². The van der Waals surface area contributed by atoms with Crippen LogP contribution in [0.3, 0.4) is 0 Å². The molecule has 2 heterocycles. The molecule has 5 aromatic rings. The van der Waals surface area contributed by atoms with Crippen LogP contribution in [-0.2, 0) is 11.3 Å². The van der Waals surface area contributed by atoms with Gasteiger partial charge in [0.1, 0.15) is 17.2 Å². The molecule has 2 aromatic heterocycles. The van der Waals surface area contributed by atoms with Crippen molar-refractivity contribution >= 4 is 33.9 Å². The summed E-state index contributed by atoms with van der Waals surface area (Å²) in [7, 11) is 0. The van der Waals surface area contributed by atoms with Crippen molar-refractivity contribution in [3.63, 3.8) is 0 Å². The highest BCUT2D eigenvalue weighted by Crippen LogP contribution is 2.40. The molecule has 2 unspecified atom stereocenters. The molecular formula is C34H32F2N2O5. The topological polar surface area (TPSA) is 105 Å². The van der Waals surface area contributed by atoms with Gasteiger partial charge in [-0.3, -0.25) is 9.59 Å². The monoisotopic (exact) mass is 586 g/mol. The van der Waals surface area contributed by atoms with Gasteiger partial charge in [-0.25, -0.2) is 8.78 Å². The van der Waals surface area contributed by atoms with E-state index in [0.29, 0.717) is 33.2 Å². The molecule has 3 aromatic carbocycles. The van der Waals surface area contributed by atoms with E-state index in [9.17, 15) is 28.6 Å². The fraction of sp³-hybridized carbons (Fsp3) is 0.235. The molecule has 0 aliphatic carbocycles. The van der Waals surface area contributed by atoms with Crippen LogP contribution in [0.1, 0.15) is 44.0 Å². The molecule has 43 heavy (non-hydrogen) atoms. The number of halogens is 2. The second-order valence-corrected chi connectivity index (χ2v) is 10.9. The van der Waals surface area contributed by atoms with E-state index in [1.165, 1.54) is 30.3 Å². The van der Waals surface area contributed by atoms with Crippen molar-refractivity contribution in [3.8, 4) is 11.1 Å². The van der Waals surface area contributed by atoms with Gasteiger partial charge in [-0.15, -0.1) is 0 Å². The second kappa shape index (κ2) is 12.3. The van der Waals surface area contributed by atoms with Crippen molar-refractivity contribution in [2.75, 3.05) is 0 Å². The van der Waals surface area contributed by atoms with E-state index >= 15 is 0 Å². The smallest absolute Gasteiger partial charge is 0.305 e. The first-order valence-electron chi connectivity index (χ1n) is 14.0. The van der Waals surface area contributed by atoms with Crippen LogP contribution in [-0.4, -0.2) is 42.6 Å². The Labute approximate surface area is 246 Å². The van der Waals surface area contributed by atoms with Crippen molar-refractivity contribution < 1.29 is 28.9 Å². The molecule has 0 amide bonds. The third-order valence-corrected chi connectivity index (χ3v) is 7.46. The average Bonchev–Trinajstić information content (AvgIpc) is 3.31. The van der Waals surface area contributed by atoms with Crippen LogP contribution in [0.2, 0.25) is 0 Å². The lowest BCUT2D eigenvalue weighted by atomic mass is 9.98. The first-order chi connectivity index (χ1) is 20.5. The van der Waals surface area contributed by atoms with Gasteiger partial charge in [0.25, 0.3) is 5.56 Å². The lowest BCUT2D eigenvalue weighted by Crippen LogP contribution is -2.24. The van der Waals surface area contributed by atoms with E-state index < -0.39 is 30.4 Å². The molecular weight excluding hydrogens is 554 g/mol. The van der Waals surface area contributed by atoms with Crippen molar-refractivity contribution in [1.29, 1.82) is 0 Å². The van der Waals surface area contributed by atoms with Crippen LogP contribution in [0.15, 0.2) is 83.7 Å². The van der Waals surface area contributed by atoms with Gasteiger partial charge in [-0.2, -0.15) is 0 Å². The summed E-state index contributed by atoms with van der Waals surface area (Å²) < 4.78 is 31.2. The summed E-state index contributed by atoms with van der Waals surface area (Å²) >= 11 is 0. The van der Waals surface area contributed by atoms with Crippen molar-refractivity contribution in [3.05, 3.63) is 112 Å². The number of aliphatic hydroxyl groups is 2. The highest BCUT2D eigenvalue weighted by molar-refractivity contribution is 6.15. The fourth-order valence-electron chi connectivity index (χ4n) is 5.62. The van der Waals surface area contributed by atoms with E-state index in [1.54, 1.807) is 34.9 Å². The Bertz CT molecular complexity index is 1870. The van der Waals surface area contributed by atoms with E-state index in [4.69, 9.17) is 5.11 Å². The number of hydrogen-bond donors (Lipinski definition) is 3. The molecule has 9 heteroatoms. The number of hydrogen-bond acceptors (Lipinski definition) is 4. The summed E-state index contributed by atoms with van der Waals surface area (Å²) in [6, 6.07) is 19.2. The van der Waals surface area contributed by atoms with Crippen molar-refractivity contribution in [1.82, 2.24) is 9.13 Å². The lowest BCUT2D eigenvalue weighted by Gasteiger charge is -2.16. The minimum Gasteiger partial charge on any atom is -0.481 e. The third-order valence-electron chi connectivity index (χ3n) is 7.46. The number of para-hydroxylation sites is 1.